The van der Waals surface area contributed by atoms with Crippen molar-refractivity contribution in [1.29, 1.82) is 0 Å². The van der Waals surface area contributed by atoms with Crippen LogP contribution >= 0.6 is 0 Å². The first kappa shape index (κ1) is 18.5. The van der Waals surface area contributed by atoms with Crippen molar-refractivity contribution >= 4 is 23.1 Å². The van der Waals surface area contributed by atoms with E-state index in [-0.39, 0.29) is 5.91 Å². The van der Waals surface area contributed by atoms with Crippen LogP contribution in [0.5, 0.6) is 5.75 Å². The molecule has 0 aliphatic heterocycles. The van der Waals surface area contributed by atoms with Crippen LogP contribution in [0, 0.1) is 0 Å². The molecule has 0 atom stereocenters. The Morgan fingerprint density at radius 2 is 1.86 bits per heavy atom. The summed E-state index contributed by atoms with van der Waals surface area (Å²) in [5.74, 6) is 1.24. The van der Waals surface area contributed by atoms with Crippen molar-refractivity contribution in [3.05, 3.63) is 84.2 Å². The van der Waals surface area contributed by atoms with E-state index < -0.39 is 0 Å². The van der Waals surface area contributed by atoms with Crippen molar-refractivity contribution in [1.82, 2.24) is 14.6 Å². The van der Waals surface area contributed by atoms with Gasteiger partial charge in [-0.1, -0.05) is 36.4 Å². The summed E-state index contributed by atoms with van der Waals surface area (Å²) < 4.78 is 7.25. The molecule has 0 spiro atoms. The first-order valence-corrected chi connectivity index (χ1v) is 9.40. The van der Waals surface area contributed by atoms with Crippen molar-refractivity contribution in [3.8, 4) is 5.75 Å². The molecule has 2 aromatic carbocycles. The topological polar surface area (TPSA) is 80.5 Å². The van der Waals surface area contributed by atoms with Gasteiger partial charge in [-0.05, 0) is 31.2 Å². The molecular formula is C22H21N5O2. The summed E-state index contributed by atoms with van der Waals surface area (Å²) in [7, 11) is 0. The predicted molar refractivity (Wildman–Crippen MR) is 112 cm³/mol. The Balaban J connectivity index is 1.53. The quantitative estimate of drug-likeness (QED) is 0.501. The number of aromatic nitrogens is 3. The molecular weight excluding hydrogens is 366 g/mol. The summed E-state index contributed by atoms with van der Waals surface area (Å²) in [6.07, 6.45) is 3.30. The fourth-order valence-corrected chi connectivity index (χ4v) is 2.98. The lowest BCUT2D eigenvalue weighted by Gasteiger charge is -2.11. The summed E-state index contributed by atoms with van der Waals surface area (Å²) in [5.41, 5.74) is 2.65. The first-order chi connectivity index (χ1) is 14.2. The van der Waals surface area contributed by atoms with Gasteiger partial charge < -0.3 is 15.4 Å². The molecule has 0 bridgehead atoms. The van der Waals surface area contributed by atoms with Gasteiger partial charge in [-0.25, -0.2) is 9.50 Å². The fraction of sp³-hybridized carbons (Fsp3) is 0.136. The molecule has 2 N–H and O–H groups in total. The molecule has 1 amide bonds. The summed E-state index contributed by atoms with van der Waals surface area (Å²) in [6.45, 7) is 3.12. The fourth-order valence-electron chi connectivity index (χ4n) is 2.98. The van der Waals surface area contributed by atoms with Crippen LogP contribution in [-0.4, -0.2) is 27.1 Å². The maximum atomic E-state index is 12.7. The molecule has 0 saturated carbocycles. The normalized spacial score (nSPS) is 10.7. The minimum atomic E-state index is -0.252. The molecule has 0 saturated heterocycles. The Morgan fingerprint density at radius 1 is 1.07 bits per heavy atom. The van der Waals surface area contributed by atoms with Gasteiger partial charge in [0, 0.05) is 24.0 Å². The van der Waals surface area contributed by atoms with E-state index in [1.54, 1.807) is 10.7 Å². The number of nitrogens with one attached hydrogen (secondary N) is 2. The number of anilines is 2. The minimum Gasteiger partial charge on any atom is -0.494 e. The van der Waals surface area contributed by atoms with Gasteiger partial charge in [-0.15, -0.1) is 0 Å². The Bertz CT molecular complexity index is 1120. The van der Waals surface area contributed by atoms with Crippen molar-refractivity contribution < 1.29 is 9.53 Å². The number of rotatable bonds is 7. The maximum Gasteiger partial charge on any atom is 0.261 e. The van der Waals surface area contributed by atoms with E-state index in [1.807, 2.05) is 67.6 Å². The molecule has 4 aromatic rings. The van der Waals surface area contributed by atoms with Gasteiger partial charge >= 0.3 is 0 Å². The van der Waals surface area contributed by atoms with E-state index in [9.17, 15) is 4.79 Å². The molecule has 4 rings (SSSR count). The van der Waals surface area contributed by atoms with Gasteiger partial charge in [-0.3, -0.25) is 4.79 Å². The van der Waals surface area contributed by atoms with Crippen LogP contribution in [-0.2, 0) is 6.54 Å². The highest BCUT2D eigenvalue weighted by atomic mass is 16.5. The largest absolute Gasteiger partial charge is 0.494 e. The van der Waals surface area contributed by atoms with Crippen molar-refractivity contribution in [2.75, 3.05) is 17.2 Å². The molecule has 0 unspecified atom stereocenters. The van der Waals surface area contributed by atoms with Gasteiger partial charge in [-0.2, -0.15) is 5.10 Å². The lowest BCUT2D eigenvalue weighted by molar-refractivity contribution is 0.102. The zero-order valence-electron chi connectivity index (χ0n) is 16.0. The number of hydrogen-bond donors (Lipinski definition) is 2. The van der Waals surface area contributed by atoms with Crippen LogP contribution in [0.2, 0.25) is 0 Å². The number of carbonyl (C=O) groups is 1. The van der Waals surface area contributed by atoms with E-state index >= 15 is 0 Å². The predicted octanol–water partition coefficient (Wildman–Crippen LogP) is 3.99. The SMILES string of the molecule is CCOc1ccccc1CNc1ccn2ncc(C(=O)Nc3ccccc3)c2n1. The molecule has 0 aliphatic rings. The summed E-state index contributed by atoms with van der Waals surface area (Å²) in [4.78, 5) is 17.2. The number of amides is 1. The number of para-hydroxylation sites is 2. The van der Waals surface area contributed by atoms with Crippen molar-refractivity contribution in [2.24, 2.45) is 0 Å². The highest BCUT2D eigenvalue weighted by Crippen LogP contribution is 2.20. The second-order valence-corrected chi connectivity index (χ2v) is 6.35. The zero-order chi connectivity index (χ0) is 20.1. The van der Waals surface area contributed by atoms with E-state index in [0.717, 1.165) is 17.0 Å². The number of carbonyl (C=O) groups excluding carboxylic acids is 1. The van der Waals surface area contributed by atoms with Gasteiger partial charge in [0.1, 0.15) is 17.1 Å². The third-order valence-electron chi connectivity index (χ3n) is 4.38. The molecule has 7 nitrogen and oxygen atoms in total. The van der Waals surface area contributed by atoms with Crippen molar-refractivity contribution in [2.45, 2.75) is 13.5 Å². The number of hydrogen-bond acceptors (Lipinski definition) is 5. The molecule has 29 heavy (non-hydrogen) atoms. The zero-order valence-corrected chi connectivity index (χ0v) is 16.0. The summed E-state index contributed by atoms with van der Waals surface area (Å²) in [5, 5.41) is 10.4. The molecule has 2 aromatic heterocycles. The smallest absolute Gasteiger partial charge is 0.261 e. The monoisotopic (exact) mass is 387 g/mol. The van der Waals surface area contributed by atoms with Crippen LogP contribution in [0.15, 0.2) is 73.1 Å². The average molecular weight is 387 g/mol. The van der Waals surface area contributed by atoms with E-state index in [1.165, 1.54) is 6.20 Å². The Hall–Kier alpha value is -3.87. The van der Waals surface area contributed by atoms with E-state index in [4.69, 9.17) is 4.74 Å². The van der Waals surface area contributed by atoms with Crippen LogP contribution in [0.4, 0.5) is 11.5 Å². The minimum absolute atomic E-state index is 0.252. The van der Waals surface area contributed by atoms with Crippen LogP contribution in [0.3, 0.4) is 0 Å². The summed E-state index contributed by atoms with van der Waals surface area (Å²) >= 11 is 0. The molecule has 0 radical (unpaired) electrons. The Morgan fingerprint density at radius 3 is 2.69 bits per heavy atom. The lowest BCUT2D eigenvalue weighted by atomic mass is 10.2. The van der Waals surface area contributed by atoms with Crippen LogP contribution in [0.25, 0.3) is 5.65 Å². The van der Waals surface area contributed by atoms with Crippen molar-refractivity contribution in [3.63, 3.8) is 0 Å². The van der Waals surface area contributed by atoms with Gasteiger partial charge in [0.2, 0.25) is 0 Å². The molecule has 0 fully saturated rings. The van der Waals surface area contributed by atoms with Crippen LogP contribution < -0.4 is 15.4 Å². The molecule has 0 aliphatic carbocycles. The Kier molecular flexibility index (Phi) is 5.38. The average Bonchev–Trinajstić information content (AvgIpc) is 3.17. The van der Waals surface area contributed by atoms with E-state index in [2.05, 4.69) is 20.7 Å². The van der Waals surface area contributed by atoms with Gasteiger partial charge in [0.25, 0.3) is 5.91 Å². The maximum absolute atomic E-state index is 12.7. The summed E-state index contributed by atoms with van der Waals surface area (Å²) in [6, 6.07) is 19.0. The number of benzene rings is 2. The first-order valence-electron chi connectivity index (χ1n) is 9.40. The second kappa shape index (κ2) is 8.43. The number of ether oxygens (including phenoxy) is 1. The van der Waals surface area contributed by atoms with E-state index in [0.29, 0.717) is 30.2 Å². The molecule has 146 valence electrons. The Labute approximate surface area is 168 Å². The highest BCUT2D eigenvalue weighted by molar-refractivity contribution is 6.08. The third-order valence-corrected chi connectivity index (χ3v) is 4.38. The number of nitrogens with zero attached hydrogens (tertiary/aromatic N) is 3. The highest BCUT2D eigenvalue weighted by Gasteiger charge is 2.15. The number of fused-ring (bicyclic) bond motifs is 1. The van der Waals surface area contributed by atoms with Gasteiger partial charge in [0.15, 0.2) is 5.65 Å². The molecule has 7 heteroatoms. The van der Waals surface area contributed by atoms with Gasteiger partial charge in [0.05, 0.1) is 12.8 Å². The molecule has 2 heterocycles. The third kappa shape index (κ3) is 4.19. The lowest BCUT2D eigenvalue weighted by Crippen LogP contribution is -2.12. The second-order valence-electron chi connectivity index (χ2n) is 6.35. The van der Waals surface area contributed by atoms with Crippen LogP contribution in [0.1, 0.15) is 22.8 Å². The standard InChI is InChI=1S/C22H21N5O2/c1-2-29-19-11-7-6-8-16(19)14-23-20-12-13-27-21(26-20)18(15-24-27)22(28)25-17-9-4-3-5-10-17/h3-13,15H,2,14H2,1H3,(H,23,26)(H,25,28).